The highest BCUT2D eigenvalue weighted by Gasteiger charge is 2.10. The molecule has 13 heavy (non-hydrogen) atoms. The first-order valence-electron chi connectivity index (χ1n) is 4.40. The lowest BCUT2D eigenvalue weighted by Gasteiger charge is -2.28. The highest BCUT2D eigenvalue weighted by molar-refractivity contribution is 6.30. The first-order valence-corrected chi connectivity index (χ1v) is 4.40. The van der Waals surface area contributed by atoms with E-state index in [1.165, 1.54) is 0 Å². The van der Waals surface area contributed by atoms with Gasteiger partial charge in [-0.1, -0.05) is 0 Å². The number of ether oxygens (including phenoxy) is 1. The topological polar surface area (TPSA) is 25.4 Å². The Morgan fingerprint density at radius 3 is 2.69 bits per heavy atom. The lowest BCUT2D eigenvalue weighted by Crippen LogP contribution is -2.36. The molecular formula is C9H11BN2O. The van der Waals surface area contributed by atoms with Gasteiger partial charge in [-0.05, 0) is 17.7 Å². The van der Waals surface area contributed by atoms with Crippen LogP contribution in [-0.2, 0) is 4.74 Å². The molecule has 1 aromatic heterocycles. The van der Waals surface area contributed by atoms with Gasteiger partial charge < -0.3 is 9.64 Å². The van der Waals surface area contributed by atoms with Crippen molar-refractivity contribution in [1.82, 2.24) is 4.98 Å². The van der Waals surface area contributed by atoms with E-state index in [1.807, 2.05) is 12.1 Å². The Balaban J connectivity index is 2.10. The van der Waals surface area contributed by atoms with E-state index in [0.717, 1.165) is 32.0 Å². The fourth-order valence-electron chi connectivity index (χ4n) is 1.41. The fraction of sp³-hybridized carbons (Fsp3) is 0.444. The molecule has 66 valence electrons. The van der Waals surface area contributed by atoms with Crippen molar-refractivity contribution in [3.63, 3.8) is 0 Å². The summed E-state index contributed by atoms with van der Waals surface area (Å²) < 4.78 is 5.26. The molecule has 2 heterocycles. The Kier molecular flexibility index (Phi) is 2.50. The van der Waals surface area contributed by atoms with E-state index >= 15 is 0 Å². The van der Waals surface area contributed by atoms with Crippen LogP contribution in [0.5, 0.6) is 0 Å². The van der Waals surface area contributed by atoms with E-state index in [1.54, 1.807) is 6.20 Å². The summed E-state index contributed by atoms with van der Waals surface area (Å²) in [7, 11) is 5.50. The van der Waals surface area contributed by atoms with Crippen LogP contribution in [0.1, 0.15) is 0 Å². The summed E-state index contributed by atoms with van der Waals surface area (Å²) in [5.74, 6) is 0. The smallest absolute Gasteiger partial charge is 0.141 e. The van der Waals surface area contributed by atoms with Crippen molar-refractivity contribution in [3.05, 3.63) is 18.3 Å². The quantitative estimate of drug-likeness (QED) is 0.547. The zero-order valence-electron chi connectivity index (χ0n) is 7.44. The van der Waals surface area contributed by atoms with Gasteiger partial charge in [-0.15, -0.1) is 0 Å². The summed E-state index contributed by atoms with van der Waals surface area (Å²) in [5, 5.41) is 0. The van der Waals surface area contributed by atoms with Crippen LogP contribution < -0.4 is 10.5 Å². The highest BCUT2D eigenvalue weighted by Crippen LogP contribution is 2.11. The summed E-state index contributed by atoms with van der Waals surface area (Å²) in [6, 6.07) is 3.82. The normalized spacial score (nSPS) is 17.4. The van der Waals surface area contributed by atoms with Crippen LogP contribution in [0.3, 0.4) is 0 Å². The molecule has 0 aliphatic carbocycles. The van der Waals surface area contributed by atoms with Crippen molar-refractivity contribution in [3.8, 4) is 0 Å². The number of morpholine rings is 1. The molecule has 0 N–H and O–H groups in total. The SMILES string of the molecule is [B]c1ccc(N2CCOCC2)cn1. The molecule has 0 aromatic carbocycles. The Hall–Kier alpha value is -1.03. The standard InChI is InChI=1S/C9H11BN2O/c10-9-2-1-8(7-11-9)12-3-5-13-6-4-12/h1-2,7H,3-6H2. The Bertz CT molecular complexity index is 269. The molecule has 4 heteroatoms. The van der Waals surface area contributed by atoms with Gasteiger partial charge in [-0.2, -0.15) is 0 Å². The minimum atomic E-state index is 0.567. The van der Waals surface area contributed by atoms with Gasteiger partial charge in [0.05, 0.1) is 18.9 Å². The van der Waals surface area contributed by atoms with Crippen molar-refractivity contribution in [2.24, 2.45) is 0 Å². The van der Waals surface area contributed by atoms with E-state index in [4.69, 9.17) is 12.6 Å². The maximum atomic E-state index is 5.50. The van der Waals surface area contributed by atoms with Gasteiger partial charge in [0.15, 0.2) is 0 Å². The summed E-state index contributed by atoms with van der Waals surface area (Å²) >= 11 is 0. The molecule has 1 saturated heterocycles. The molecule has 1 fully saturated rings. The minimum absolute atomic E-state index is 0.567. The number of pyridine rings is 1. The summed E-state index contributed by atoms with van der Waals surface area (Å²) in [4.78, 5) is 6.30. The lowest BCUT2D eigenvalue weighted by molar-refractivity contribution is 0.122. The second kappa shape index (κ2) is 3.79. The van der Waals surface area contributed by atoms with Crippen LogP contribution >= 0.6 is 0 Å². The zero-order chi connectivity index (χ0) is 9.10. The number of anilines is 1. The average Bonchev–Trinajstić information content (AvgIpc) is 2.20. The van der Waals surface area contributed by atoms with Crippen molar-refractivity contribution >= 4 is 19.1 Å². The van der Waals surface area contributed by atoms with E-state index < -0.39 is 0 Å². The molecule has 0 atom stereocenters. The molecule has 1 aromatic rings. The second-order valence-corrected chi connectivity index (χ2v) is 3.04. The molecule has 0 unspecified atom stereocenters. The number of nitrogens with zero attached hydrogens (tertiary/aromatic N) is 2. The Morgan fingerprint density at radius 2 is 2.08 bits per heavy atom. The number of aromatic nitrogens is 1. The molecular weight excluding hydrogens is 163 g/mol. The van der Waals surface area contributed by atoms with Gasteiger partial charge in [0.1, 0.15) is 7.85 Å². The Labute approximate surface area is 79.1 Å². The predicted molar refractivity (Wildman–Crippen MR) is 52.7 cm³/mol. The van der Waals surface area contributed by atoms with E-state index in [-0.39, 0.29) is 0 Å². The van der Waals surface area contributed by atoms with E-state index in [2.05, 4.69) is 9.88 Å². The van der Waals surface area contributed by atoms with Gasteiger partial charge in [-0.3, -0.25) is 4.98 Å². The number of hydrogen-bond donors (Lipinski definition) is 0. The third-order valence-electron chi connectivity index (χ3n) is 2.15. The predicted octanol–water partition coefficient (Wildman–Crippen LogP) is -0.288. The van der Waals surface area contributed by atoms with Crippen molar-refractivity contribution < 1.29 is 4.74 Å². The largest absolute Gasteiger partial charge is 0.378 e. The van der Waals surface area contributed by atoms with Crippen molar-refractivity contribution in [2.75, 3.05) is 31.2 Å². The molecule has 0 amide bonds. The van der Waals surface area contributed by atoms with Gasteiger partial charge >= 0.3 is 0 Å². The van der Waals surface area contributed by atoms with Crippen molar-refractivity contribution in [2.45, 2.75) is 0 Å². The van der Waals surface area contributed by atoms with Gasteiger partial charge in [0.25, 0.3) is 0 Å². The van der Waals surface area contributed by atoms with Crippen LogP contribution in [0.25, 0.3) is 0 Å². The molecule has 2 radical (unpaired) electrons. The molecule has 2 rings (SSSR count). The maximum Gasteiger partial charge on any atom is 0.141 e. The number of rotatable bonds is 1. The summed E-state index contributed by atoms with van der Waals surface area (Å²) in [6.45, 7) is 3.46. The van der Waals surface area contributed by atoms with Gasteiger partial charge in [-0.25, -0.2) is 0 Å². The van der Waals surface area contributed by atoms with E-state index in [0.29, 0.717) is 5.59 Å². The van der Waals surface area contributed by atoms with Crippen LogP contribution in [-0.4, -0.2) is 39.1 Å². The van der Waals surface area contributed by atoms with Crippen LogP contribution in [0.15, 0.2) is 18.3 Å². The molecule has 0 spiro atoms. The van der Waals surface area contributed by atoms with Crippen LogP contribution in [0.4, 0.5) is 5.69 Å². The summed E-state index contributed by atoms with van der Waals surface area (Å²) in [6.07, 6.45) is 1.81. The maximum absolute atomic E-state index is 5.50. The van der Waals surface area contributed by atoms with Crippen molar-refractivity contribution in [1.29, 1.82) is 0 Å². The Morgan fingerprint density at radius 1 is 1.31 bits per heavy atom. The average molecular weight is 174 g/mol. The molecule has 0 saturated carbocycles. The van der Waals surface area contributed by atoms with Gasteiger partial charge in [0.2, 0.25) is 0 Å². The molecule has 1 aliphatic heterocycles. The third-order valence-corrected chi connectivity index (χ3v) is 2.15. The first-order chi connectivity index (χ1) is 6.36. The van der Waals surface area contributed by atoms with Gasteiger partial charge in [0, 0.05) is 19.3 Å². The van der Waals surface area contributed by atoms with Crippen LogP contribution in [0, 0.1) is 0 Å². The lowest BCUT2D eigenvalue weighted by atomic mass is 10.0. The minimum Gasteiger partial charge on any atom is -0.378 e. The van der Waals surface area contributed by atoms with Crippen LogP contribution in [0.2, 0.25) is 0 Å². The first kappa shape index (κ1) is 8.57. The molecule has 0 bridgehead atoms. The number of hydrogen-bond acceptors (Lipinski definition) is 3. The third kappa shape index (κ3) is 2.01. The highest BCUT2D eigenvalue weighted by atomic mass is 16.5. The fourth-order valence-corrected chi connectivity index (χ4v) is 1.41. The second-order valence-electron chi connectivity index (χ2n) is 3.04. The molecule has 1 aliphatic rings. The zero-order valence-corrected chi connectivity index (χ0v) is 7.44. The monoisotopic (exact) mass is 174 g/mol. The molecule has 3 nitrogen and oxygen atoms in total. The summed E-state index contributed by atoms with van der Waals surface area (Å²) in [5.41, 5.74) is 1.69. The van der Waals surface area contributed by atoms with E-state index in [9.17, 15) is 0 Å².